The third kappa shape index (κ3) is 7.49. The summed E-state index contributed by atoms with van der Waals surface area (Å²) < 4.78 is 56.3. The Morgan fingerprint density at radius 1 is 1.00 bits per heavy atom. The summed E-state index contributed by atoms with van der Waals surface area (Å²) in [4.78, 5) is 24.6. The van der Waals surface area contributed by atoms with E-state index in [1.807, 2.05) is 0 Å². The van der Waals surface area contributed by atoms with Gasteiger partial charge in [0.2, 0.25) is 0 Å². The Labute approximate surface area is 177 Å². The van der Waals surface area contributed by atoms with Crippen molar-refractivity contribution >= 4 is 17.6 Å². The van der Waals surface area contributed by atoms with Gasteiger partial charge < -0.3 is 24.3 Å². The second-order valence-corrected chi connectivity index (χ2v) is 6.41. The summed E-state index contributed by atoms with van der Waals surface area (Å²) in [6.07, 6.45) is -5.51. The number of alkyl halides is 3. The van der Waals surface area contributed by atoms with Crippen molar-refractivity contribution in [2.45, 2.75) is 25.8 Å². The molecule has 0 aromatic heterocycles. The number of esters is 1. The molecule has 0 heterocycles. The fraction of sp³-hybridized carbons (Fsp3) is 0.333. The van der Waals surface area contributed by atoms with Crippen LogP contribution in [0, 0.1) is 0 Å². The van der Waals surface area contributed by atoms with Crippen LogP contribution >= 0.6 is 0 Å². The van der Waals surface area contributed by atoms with Gasteiger partial charge in [0, 0.05) is 11.8 Å². The molecule has 0 saturated carbocycles. The molecule has 0 aliphatic heterocycles. The van der Waals surface area contributed by atoms with Crippen molar-refractivity contribution in [3.05, 3.63) is 53.6 Å². The Kier molecular flexibility index (Phi) is 8.26. The third-order valence-corrected chi connectivity index (χ3v) is 4.03. The van der Waals surface area contributed by atoms with E-state index in [-0.39, 0.29) is 12.2 Å². The number of benzene rings is 2. The lowest BCUT2D eigenvalue weighted by Crippen LogP contribution is -2.30. The number of ether oxygens (including phenoxy) is 4. The number of halogens is 3. The first-order chi connectivity index (χ1) is 14.6. The number of rotatable bonds is 9. The van der Waals surface area contributed by atoms with Crippen LogP contribution in [0.15, 0.2) is 42.5 Å². The van der Waals surface area contributed by atoms with E-state index < -0.39 is 30.8 Å². The van der Waals surface area contributed by atoms with Crippen molar-refractivity contribution in [1.82, 2.24) is 0 Å². The third-order valence-electron chi connectivity index (χ3n) is 4.03. The van der Waals surface area contributed by atoms with E-state index in [0.29, 0.717) is 22.7 Å². The summed E-state index contributed by atoms with van der Waals surface area (Å²) in [5.74, 6) is -0.396. The van der Waals surface area contributed by atoms with Gasteiger partial charge in [0.25, 0.3) is 5.91 Å². The molecule has 2 rings (SSSR count). The Bertz CT molecular complexity index is 899. The highest BCUT2D eigenvalue weighted by molar-refractivity contribution is 5.97. The molecular weight excluding hydrogens is 419 g/mol. The molecule has 1 amide bonds. The van der Waals surface area contributed by atoms with E-state index in [9.17, 15) is 22.8 Å². The van der Waals surface area contributed by atoms with Crippen molar-refractivity contribution in [3.63, 3.8) is 0 Å². The van der Waals surface area contributed by atoms with Gasteiger partial charge in [-0.2, -0.15) is 13.2 Å². The van der Waals surface area contributed by atoms with Crippen molar-refractivity contribution in [2.24, 2.45) is 0 Å². The smallest absolute Gasteiger partial charge is 0.411 e. The monoisotopic (exact) mass is 441 g/mol. The van der Waals surface area contributed by atoms with Crippen LogP contribution in [-0.4, -0.2) is 45.0 Å². The molecule has 0 spiro atoms. The van der Waals surface area contributed by atoms with E-state index in [4.69, 9.17) is 14.2 Å². The average Bonchev–Trinajstić information content (AvgIpc) is 2.73. The number of carbonyl (C=O) groups is 2. The lowest BCUT2D eigenvalue weighted by atomic mass is 10.1. The van der Waals surface area contributed by atoms with Crippen LogP contribution in [0.5, 0.6) is 11.5 Å². The van der Waals surface area contributed by atoms with E-state index in [1.165, 1.54) is 45.4 Å². The van der Waals surface area contributed by atoms with Gasteiger partial charge >= 0.3 is 12.1 Å². The van der Waals surface area contributed by atoms with Gasteiger partial charge in [-0.15, -0.1) is 0 Å². The Balaban J connectivity index is 1.90. The van der Waals surface area contributed by atoms with Crippen LogP contribution in [0.2, 0.25) is 0 Å². The molecule has 10 heteroatoms. The normalized spacial score (nSPS) is 12.1. The largest absolute Gasteiger partial charge is 0.493 e. The molecule has 0 fully saturated rings. The van der Waals surface area contributed by atoms with Crippen LogP contribution in [0.1, 0.15) is 22.8 Å². The highest BCUT2D eigenvalue weighted by Gasteiger charge is 2.27. The van der Waals surface area contributed by atoms with E-state index in [2.05, 4.69) is 10.1 Å². The Morgan fingerprint density at radius 3 is 2.23 bits per heavy atom. The summed E-state index contributed by atoms with van der Waals surface area (Å²) in [6, 6.07) is 10.4. The molecule has 1 unspecified atom stereocenters. The predicted octanol–water partition coefficient (Wildman–Crippen LogP) is 3.97. The van der Waals surface area contributed by atoms with Gasteiger partial charge in [-0.3, -0.25) is 4.79 Å². The lowest BCUT2D eigenvalue weighted by molar-refractivity contribution is -0.176. The van der Waals surface area contributed by atoms with E-state index >= 15 is 0 Å². The molecule has 0 bridgehead atoms. The quantitative estimate of drug-likeness (QED) is 0.593. The van der Waals surface area contributed by atoms with E-state index in [1.54, 1.807) is 18.2 Å². The summed E-state index contributed by atoms with van der Waals surface area (Å²) in [5.41, 5.74) is 1.03. The topological polar surface area (TPSA) is 83.1 Å². The first-order valence-electron chi connectivity index (χ1n) is 9.10. The summed E-state index contributed by atoms with van der Waals surface area (Å²) in [6.45, 7) is -0.199. The molecule has 7 nitrogen and oxygen atoms in total. The summed E-state index contributed by atoms with van der Waals surface area (Å²) in [7, 11) is 2.95. The molecule has 31 heavy (non-hydrogen) atoms. The predicted molar refractivity (Wildman–Crippen MR) is 105 cm³/mol. The minimum atomic E-state index is -4.41. The minimum absolute atomic E-state index is 0.144. The van der Waals surface area contributed by atoms with E-state index in [0.717, 1.165) is 0 Å². The number of hydrogen-bond acceptors (Lipinski definition) is 6. The molecule has 1 atom stereocenters. The van der Waals surface area contributed by atoms with Crippen molar-refractivity contribution in [1.29, 1.82) is 0 Å². The second kappa shape index (κ2) is 10.7. The number of methoxy groups -OCH3 is 2. The fourth-order valence-electron chi connectivity index (χ4n) is 2.46. The number of nitrogens with one attached hydrogen (secondary N) is 1. The number of anilines is 1. The maximum absolute atomic E-state index is 12.3. The molecule has 0 aliphatic carbocycles. The van der Waals surface area contributed by atoms with Crippen LogP contribution in [0.3, 0.4) is 0 Å². The average molecular weight is 441 g/mol. The first kappa shape index (κ1) is 24.0. The van der Waals surface area contributed by atoms with Gasteiger partial charge in [0.05, 0.1) is 26.4 Å². The lowest BCUT2D eigenvalue weighted by Gasteiger charge is -2.15. The fourth-order valence-corrected chi connectivity index (χ4v) is 2.46. The van der Waals surface area contributed by atoms with Crippen LogP contribution < -0.4 is 14.8 Å². The van der Waals surface area contributed by atoms with Gasteiger partial charge in [-0.05, 0) is 36.8 Å². The highest BCUT2D eigenvalue weighted by Crippen LogP contribution is 2.29. The molecular formula is C21H22F3NO6. The molecule has 2 aromatic rings. The molecule has 1 N–H and O–H groups in total. The number of amides is 1. The van der Waals surface area contributed by atoms with Gasteiger partial charge in [-0.1, -0.05) is 12.1 Å². The zero-order valence-corrected chi connectivity index (χ0v) is 17.1. The summed E-state index contributed by atoms with van der Waals surface area (Å²) >= 11 is 0. The molecule has 0 saturated heterocycles. The standard InChI is InChI=1S/C21H22F3NO6/c1-13(19(26)25-16-8-9-17(28-2)18(10-16)29-3)31-20(27)15-6-4-14(5-7-15)11-30-12-21(22,23)24/h4-10,13H,11-12H2,1-3H3,(H,25,26). The Morgan fingerprint density at radius 2 is 1.65 bits per heavy atom. The zero-order valence-electron chi connectivity index (χ0n) is 17.1. The number of carbonyl (C=O) groups excluding carboxylic acids is 2. The molecule has 2 aromatic carbocycles. The van der Waals surface area contributed by atoms with Crippen LogP contribution in [0.25, 0.3) is 0 Å². The maximum Gasteiger partial charge on any atom is 0.411 e. The molecule has 168 valence electrons. The summed E-state index contributed by atoms with van der Waals surface area (Å²) in [5, 5.41) is 2.61. The SMILES string of the molecule is COc1ccc(NC(=O)C(C)OC(=O)c2ccc(COCC(F)(F)F)cc2)cc1OC. The second-order valence-electron chi connectivity index (χ2n) is 6.41. The van der Waals surface area contributed by atoms with Crippen molar-refractivity contribution in [3.8, 4) is 11.5 Å². The maximum atomic E-state index is 12.3. The zero-order chi connectivity index (χ0) is 23.0. The van der Waals surface area contributed by atoms with Crippen molar-refractivity contribution < 1.29 is 41.7 Å². The van der Waals surface area contributed by atoms with Gasteiger partial charge in [0.1, 0.15) is 6.61 Å². The Hall–Kier alpha value is -3.27. The van der Waals surface area contributed by atoms with Gasteiger partial charge in [0.15, 0.2) is 17.6 Å². The van der Waals surface area contributed by atoms with Crippen molar-refractivity contribution in [2.75, 3.05) is 26.1 Å². The number of hydrogen-bond donors (Lipinski definition) is 1. The van der Waals surface area contributed by atoms with Crippen LogP contribution in [0.4, 0.5) is 18.9 Å². The minimum Gasteiger partial charge on any atom is -0.493 e. The highest BCUT2D eigenvalue weighted by atomic mass is 19.4. The molecule has 0 aliphatic rings. The van der Waals surface area contributed by atoms with Gasteiger partial charge in [-0.25, -0.2) is 4.79 Å². The van der Waals surface area contributed by atoms with Crippen LogP contribution in [-0.2, 0) is 20.9 Å². The first-order valence-corrected chi connectivity index (χ1v) is 9.10. The molecule has 0 radical (unpaired) electrons.